The number of aromatic nitrogens is 2. The Morgan fingerprint density at radius 3 is 2.52 bits per heavy atom. The first-order valence-corrected chi connectivity index (χ1v) is 7.85. The van der Waals surface area contributed by atoms with Gasteiger partial charge in [-0.3, -0.25) is 4.90 Å². The zero-order chi connectivity index (χ0) is 18.2. The van der Waals surface area contributed by atoms with Gasteiger partial charge in [0.05, 0.1) is 12.1 Å². The molecule has 1 atom stereocenters. The molecule has 1 aliphatic rings. The molecule has 2 aromatic rings. The smallest absolute Gasteiger partial charge is 0.353 e. The van der Waals surface area contributed by atoms with Gasteiger partial charge in [-0.1, -0.05) is 12.1 Å². The molecule has 3 rings (SSSR count). The fraction of sp³-hybridized carbons (Fsp3) is 0.500. The van der Waals surface area contributed by atoms with Crippen LogP contribution in [0, 0.1) is 0 Å². The average molecular weight is 360 g/mol. The molecule has 1 fully saturated rings. The average Bonchev–Trinajstić information content (AvgIpc) is 2.54. The van der Waals surface area contributed by atoms with Crippen molar-refractivity contribution in [3.63, 3.8) is 0 Å². The van der Waals surface area contributed by atoms with Crippen LogP contribution >= 0.6 is 0 Å². The molecule has 9 heteroatoms. The number of nitrogens with zero attached hydrogens (tertiary/aromatic N) is 4. The van der Waals surface area contributed by atoms with Crippen LogP contribution in [-0.2, 0) is 0 Å². The maximum Gasteiger partial charge on any atom is 0.401 e. The van der Waals surface area contributed by atoms with E-state index in [1.54, 1.807) is 36.1 Å². The lowest BCUT2D eigenvalue weighted by Crippen LogP contribution is -2.54. The normalized spacial score (nSPS) is 19.8. The standard InChI is InChI=1S/C16H17F5N4/c1-10-8-24(6-7-25(10)9-16(19,20)21)15-11-4-2-3-5-12(11)22-14(23-15)13(17)18/h2-5,10,13H,6-9H2,1H3. The Labute approximate surface area is 141 Å². The second kappa shape index (κ2) is 6.70. The molecule has 0 aliphatic carbocycles. The maximum absolute atomic E-state index is 13.1. The minimum Gasteiger partial charge on any atom is -0.353 e. The molecule has 0 bridgehead atoms. The molecule has 0 radical (unpaired) electrons. The summed E-state index contributed by atoms with van der Waals surface area (Å²) < 4.78 is 64.1. The molecule has 0 N–H and O–H groups in total. The summed E-state index contributed by atoms with van der Waals surface area (Å²) in [5, 5.41) is 0.614. The lowest BCUT2D eigenvalue weighted by atomic mass is 10.1. The Bertz CT molecular complexity index is 749. The third-order valence-corrected chi connectivity index (χ3v) is 4.24. The van der Waals surface area contributed by atoms with Crippen molar-refractivity contribution in [3.05, 3.63) is 30.1 Å². The van der Waals surface area contributed by atoms with Gasteiger partial charge in [0.25, 0.3) is 6.43 Å². The number of halogens is 5. The summed E-state index contributed by atoms with van der Waals surface area (Å²) >= 11 is 0. The molecule has 0 spiro atoms. The molecule has 0 saturated carbocycles. The molecule has 136 valence electrons. The van der Waals surface area contributed by atoms with Crippen molar-refractivity contribution >= 4 is 16.7 Å². The highest BCUT2D eigenvalue weighted by molar-refractivity contribution is 5.89. The van der Waals surface area contributed by atoms with Crippen molar-refractivity contribution in [2.75, 3.05) is 31.1 Å². The number of alkyl halides is 5. The highest BCUT2D eigenvalue weighted by Crippen LogP contribution is 2.29. The maximum atomic E-state index is 13.1. The van der Waals surface area contributed by atoms with Gasteiger partial charge in [0.2, 0.25) is 0 Å². The van der Waals surface area contributed by atoms with Crippen LogP contribution in [0.5, 0.6) is 0 Å². The lowest BCUT2D eigenvalue weighted by molar-refractivity contribution is -0.150. The van der Waals surface area contributed by atoms with E-state index in [1.165, 1.54) is 4.90 Å². The number of hydrogen-bond acceptors (Lipinski definition) is 4. The van der Waals surface area contributed by atoms with Crippen molar-refractivity contribution in [1.29, 1.82) is 0 Å². The summed E-state index contributed by atoms with van der Waals surface area (Å²) in [5.41, 5.74) is 0.396. The first kappa shape index (κ1) is 17.8. The van der Waals surface area contributed by atoms with Gasteiger partial charge >= 0.3 is 6.18 Å². The van der Waals surface area contributed by atoms with Crippen LogP contribution in [0.2, 0.25) is 0 Å². The van der Waals surface area contributed by atoms with E-state index in [0.717, 1.165) is 0 Å². The van der Waals surface area contributed by atoms with Crippen molar-refractivity contribution in [2.24, 2.45) is 0 Å². The van der Waals surface area contributed by atoms with Crippen molar-refractivity contribution in [3.8, 4) is 0 Å². The number of piperazine rings is 1. The first-order valence-electron chi connectivity index (χ1n) is 7.85. The van der Waals surface area contributed by atoms with Crippen LogP contribution in [0.25, 0.3) is 10.9 Å². The predicted molar refractivity (Wildman–Crippen MR) is 83.8 cm³/mol. The Balaban J connectivity index is 1.90. The van der Waals surface area contributed by atoms with E-state index in [4.69, 9.17) is 0 Å². The van der Waals surface area contributed by atoms with Gasteiger partial charge in [-0.05, 0) is 19.1 Å². The van der Waals surface area contributed by atoms with E-state index in [1.807, 2.05) is 0 Å². The third-order valence-electron chi connectivity index (χ3n) is 4.24. The van der Waals surface area contributed by atoms with Gasteiger partial charge in [0, 0.05) is 31.1 Å². The molecule has 1 saturated heterocycles. The van der Waals surface area contributed by atoms with Gasteiger partial charge in [-0.25, -0.2) is 18.7 Å². The predicted octanol–water partition coefficient (Wildman–Crippen LogP) is 3.64. The number of para-hydroxylation sites is 1. The first-order chi connectivity index (χ1) is 11.7. The SMILES string of the molecule is CC1CN(c2nc(C(F)F)nc3ccccc23)CCN1CC(F)(F)F. The zero-order valence-corrected chi connectivity index (χ0v) is 13.5. The second-order valence-corrected chi connectivity index (χ2v) is 6.10. The van der Waals surface area contributed by atoms with Crippen molar-refractivity contribution in [2.45, 2.75) is 25.6 Å². The fourth-order valence-corrected chi connectivity index (χ4v) is 3.07. The molecule has 1 aromatic carbocycles. The molecule has 4 nitrogen and oxygen atoms in total. The van der Waals surface area contributed by atoms with Crippen molar-refractivity contribution in [1.82, 2.24) is 14.9 Å². The summed E-state index contributed by atoms with van der Waals surface area (Å²) in [4.78, 5) is 10.9. The minimum absolute atomic E-state index is 0.184. The number of hydrogen-bond donors (Lipinski definition) is 0. The largest absolute Gasteiger partial charge is 0.401 e. The molecule has 1 unspecified atom stereocenters. The Morgan fingerprint density at radius 2 is 1.88 bits per heavy atom. The highest BCUT2D eigenvalue weighted by atomic mass is 19.4. The quantitative estimate of drug-likeness (QED) is 0.783. The van der Waals surface area contributed by atoms with Gasteiger partial charge in [0.1, 0.15) is 5.82 Å². The van der Waals surface area contributed by atoms with E-state index < -0.39 is 25.0 Å². The number of anilines is 1. The zero-order valence-electron chi connectivity index (χ0n) is 13.5. The van der Waals surface area contributed by atoms with Gasteiger partial charge in [0.15, 0.2) is 5.82 Å². The lowest BCUT2D eigenvalue weighted by Gasteiger charge is -2.40. The molecule has 2 heterocycles. The summed E-state index contributed by atoms with van der Waals surface area (Å²) in [6.45, 7) is 1.46. The van der Waals surface area contributed by atoms with Crippen LogP contribution in [0.4, 0.5) is 27.8 Å². The molecular formula is C16H17F5N4. The monoisotopic (exact) mass is 360 g/mol. The Hall–Kier alpha value is -2.03. The van der Waals surface area contributed by atoms with E-state index in [0.29, 0.717) is 16.7 Å². The van der Waals surface area contributed by atoms with Crippen molar-refractivity contribution < 1.29 is 22.0 Å². The van der Waals surface area contributed by atoms with E-state index in [9.17, 15) is 22.0 Å². The molecule has 1 aliphatic heterocycles. The summed E-state index contributed by atoms with van der Waals surface area (Å²) in [5.74, 6) is -0.224. The molecule has 1 aromatic heterocycles. The van der Waals surface area contributed by atoms with Gasteiger partial charge in [-0.2, -0.15) is 13.2 Å². The van der Waals surface area contributed by atoms with Gasteiger partial charge in [-0.15, -0.1) is 0 Å². The van der Waals surface area contributed by atoms with Crippen LogP contribution in [0.1, 0.15) is 19.2 Å². The Kier molecular flexibility index (Phi) is 4.77. The van der Waals surface area contributed by atoms with Crippen LogP contribution in [-0.4, -0.2) is 53.3 Å². The molecular weight excluding hydrogens is 343 g/mol. The topological polar surface area (TPSA) is 32.3 Å². The van der Waals surface area contributed by atoms with E-state index >= 15 is 0 Å². The Morgan fingerprint density at radius 1 is 1.16 bits per heavy atom. The summed E-state index contributed by atoms with van der Waals surface area (Å²) in [6.07, 6.45) is -7.08. The van der Waals surface area contributed by atoms with E-state index in [-0.39, 0.29) is 25.7 Å². The van der Waals surface area contributed by atoms with Crippen LogP contribution in [0.15, 0.2) is 24.3 Å². The van der Waals surface area contributed by atoms with Crippen LogP contribution in [0.3, 0.4) is 0 Å². The minimum atomic E-state index is -4.26. The molecule has 0 amide bonds. The third kappa shape index (κ3) is 3.97. The number of fused-ring (bicyclic) bond motifs is 1. The molecule has 25 heavy (non-hydrogen) atoms. The highest BCUT2D eigenvalue weighted by Gasteiger charge is 2.35. The second-order valence-electron chi connectivity index (χ2n) is 6.10. The summed E-state index contributed by atoms with van der Waals surface area (Å²) in [7, 11) is 0. The van der Waals surface area contributed by atoms with Gasteiger partial charge < -0.3 is 4.90 Å². The van der Waals surface area contributed by atoms with Crippen LogP contribution < -0.4 is 4.90 Å². The fourth-order valence-electron chi connectivity index (χ4n) is 3.07. The number of benzene rings is 1. The van der Waals surface area contributed by atoms with E-state index in [2.05, 4.69) is 9.97 Å². The summed E-state index contributed by atoms with van der Waals surface area (Å²) in [6, 6.07) is 6.42. The number of rotatable bonds is 3.